The first kappa shape index (κ1) is 12.2. The number of nitrogens with zero attached hydrogens (tertiary/aromatic N) is 2. The summed E-state index contributed by atoms with van der Waals surface area (Å²) in [7, 11) is 0. The molecule has 1 aromatic carbocycles. The van der Waals surface area contributed by atoms with Crippen molar-refractivity contribution in [2.24, 2.45) is 0 Å². The lowest BCUT2D eigenvalue weighted by Crippen LogP contribution is -2.04. The zero-order valence-electron chi connectivity index (χ0n) is 10.1. The van der Waals surface area contributed by atoms with Gasteiger partial charge in [-0.2, -0.15) is 0 Å². The lowest BCUT2D eigenvalue weighted by Gasteiger charge is -2.06. The highest BCUT2D eigenvalue weighted by molar-refractivity contribution is 6.16. The topological polar surface area (TPSA) is 31.0 Å². The van der Waals surface area contributed by atoms with Crippen molar-refractivity contribution >= 4 is 22.6 Å². The number of imidazole rings is 1. The van der Waals surface area contributed by atoms with E-state index in [0.717, 1.165) is 17.7 Å². The minimum atomic E-state index is -0.319. The second-order valence-corrected chi connectivity index (χ2v) is 4.52. The first-order valence-electron chi connectivity index (χ1n) is 6.01. The van der Waals surface area contributed by atoms with E-state index in [1.165, 1.54) is 6.07 Å². The van der Waals surface area contributed by atoms with E-state index < -0.39 is 0 Å². The van der Waals surface area contributed by atoms with Gasteiger partial charge in [0.2, 0.25) is 0 Å². The van der Waals surface area contributed by atoms with Gasteiger partial charge in [0, 0.05) is 13.0 Å². The molecule has 2 heterocycles. The summed E-state index contributed by atoms with van der Waals surface area (Å²) in [6.07, 6.45) is 2.36. The van der Waals surface area contributed by atoms with E-state index in [-0.39, 0.29) is 11.7 Å². The summed E-state index contributed by atoms with van der Waals surface area (Å²) in [6.45, 7) is 0.662. The molecule has 0 saturated heterocycles. The van der Waals surface area contributed by atoms with Crippen LogP contribution in [0, 0.1) is 5.82 Å². The summed E-state index contributed by atoms with van der Waals surface area (Å²) in [5.41, 5.74) is 1.14. The zero-order chi connectivity index (χ0) is 13.2. The van der Waals surface area contributed by atoms with E-state index in [1.54, 1.807) is 12.3 Å². The fourth-order valence-electron chi connectivity index (χ4n) is 2.19. The Morgan fingerprint density at radius 3 is 2.89 bits per heavy atom. The highest BCUT2D eigenvalue weighted by Gasteiger charge is 2.13. The molecule has 98 valence electrons. The van der Waals surface area contributed by atoms with Crippen LogP contribution in [0.15, 0.2) is 41.0 Å². The Kier molecular flexibility index (Phi) is 3.25. The van der Waals surface area contributed by atoms with Gasteiger partial charge in [0.25, 0.3) is 0 Å². The van der Waals surface area contributed by atoms with E-state index in [4.69, 9.17) is 16.0 Å². The lowest BCUT2D eigenvalue weighted by molar-refractivity contribution is 0.491. The van der Waals surface area contributed by atoms with Crippen molar-refractivity contribution in [3.8, 4) is 0 Å². The second-order valence-electron chi connectivity index (χ2n) is 4.25. The summed E-state index contributed by atoms with van der Waals surface area (Å²) in [4.78, 5) is 4.26. The molecule has 0 N–H and O–H groups in total. The normalized spacial score (nSPS) is 11.3. The van der Waals surface area contributed by atoms with E-state index >= 15 is 0 Å². The number of para-hydroxylation sites is 1. The number of alkyl halides is 1. The minimum Gasteiger partial charge on any atom is -0.469 e. The number of hydrogen-bond donors (Lipinski definition) is 0. The van der Waals surface area contributed by atoms with Crippen molar-refractivity contribution in [2.45, 2.75) is 18.8 Å². The SMILES string of the molecule is Fc1cccc2c1nc(CCl)n2CCc1ccco1. The van der Waals surface area contributed by atoms with Crippen LogP contribution in [0.5, 0.6) is 0 Å². The van der Waals surface area contributed by atoms with Crippen molar-refractivity contribution in [1.82, 2.24) is 9.55 Å². The minimum absolute atomic E-state index is 0.256. The van der Waals surface area contributed by atoms with Crippen LogP contribution >= 0.6 is 11.6 Å². The zero-order valence-corrected chi connectivity index (χ0v) is 10.9. The molecule has 0 aliphatic heterocycles. The highest BCUT2D eigenvalue weighted by atomic mass is 35.5. The number of rotatable bonds is 4. The van der Waals surface area contributed by atoms with Crippen LogP contribution in [0.2, 0.25) is 0 Å². The Morgan fingerprint density at radius 2 is 2.16 bits per heavy atom. The molecule has 0 radical (unpaired) electrons. The van der Waals surface area contributed by atoms with Crippen LogP contribution in [0.4, 0.5) is 4.39 Å². The number of hydrogen-bond acceptors (Lipinski definition) is 2. The van der Waals surface area contributed by atoms with Gasteiger partial charge in [0.15, 0.2) is 5.82 Å². The Hall–Kier alpha value is -1.81. The molecule has 0 amide bonds. The smallest absolute Gasteiger partial charge is 0.151 e. The Morgan fingerprint density at radius 1 is 1.26 bits per heavy atom. The molecule has 0 atom stereocenters. The third kappa shape index (κ3) is 2.24. The molecule has 5 heteroatoms. The van der Waals surface area contributed by atoms with E-state index in [9.17, 15) is 4.39 Å². The summed E-state index contributed by atoms with van der Waals surface area (Å²) in [5, 5.41) is 0. The molecule has 0 aliphatic carbocycles. The molecule has 19 heavy (non-hydrogen) atoms. The summed E-state index contributed by atoms with van der Waals surface area (Å²) < 4.78 is 20.9. The molecular weight excluding hydrogens is 267 g/mol. The van der Waals surface area contributed by atoms with Crippen LogP contribution in [0.3, 0.4) is 0 Å². The molecule has 2 aromatic heterocycles. The van der Waals surface area contributed by atoms with E-state index in [0.29, 0.717) is 17.9 Å². The van der Waals surface area contributed by atoms with Crippen LogP contribution in [-0.4, -0.2) is 9.55 Å². The fourth-order valence-corrected chi connectivity index (χ4v) is 2.39. The van der Waals surface area contributed by atoms with Crippen molar-refractivity contribution in [3.05, 3.63) is 54.0 Å². The number of furan rings is 1. The average molecular weight is 279 g/mol. The van der Waals surface area contributed by atoms with Gasteiger partial charge in [0.1, 0.15) is 17.1 Å². The molecule has 0 unspecified atom stereocenters. The molecule has 0 aliphatic rings. The predicted molar refractivity (Wildman–Crippen MR) is 71.7 cm³/mol. The van der Waals surface area contributed by atoms with Gasteiger partial charge in [-0.3, -0.25) is 0 Å². The van der Waals surface area contributed by atoms with Crippen LogP contribution in [0.1, 0.15) is 11.6 Å². The summed E-state index contributed by atoms with van der Waals surface area (Å²) >= 11 is 5.89. The monoisotopic (exact) mass is 278 g/mol. The van der Waals surface area contributed by atoms with Crippen molar-refractivity contribution in [3.63, 3.8) is 0 Å². The molecule has 0 saturated carbocycles. The number of aromatic nitrogens is 2. The van der Waals surface area contributed by atoms with Gasteiger partial charge in [-0.1, -0.05) is 6.07 Å². The van der Waals surface area contributed by atoms with Gasteiger partial charge in [-0.25, -0.2) is 9.37 Å². The van der Waals surface area contributed by atoms with Crippen LogP contribution in [-0.2, 0) is 18.8 Å². The lowest BCUT2D eigenvalue weighted by atomic mass is 10.3. The summed E-state index contributed by atoms with van der Waals surface area (Å²) in [5.74, 6) is 1.50. The van der Waals surface area contributed by atoms with E-state index in [2.05, 4.69) is 4.98 Å². The number of benzene rings is 1. The van der Waals surface area contributed by atoms with Gasteiger partial charge >= 0.3 is 0 Å². The second kappa shape index (κ2) is 5.05. The van der Waals surface area contributed by atoms with E-state index in [1.807, 2.05) is 22.8 Å². The molecule has 3 aromatic rings. The molecule has 3 rings (SSSR count). The standard InChI is InChI=1S/C14H12ClFN2O/c15-9-13-17-14-11(16)4-1-5-12(14)18(13)7-6-10-3-2-8-19-10/h1-5,8H,6-7,9H2. The van der Waals surface area contributed by atoms with Gasteiger partial charge in [-0.15, -0.1) is 11.6 Å². The third-order valence-corrected chi connectivity index (χ3v) is 3.33. The molecular formula is C14H12ClFN2O. The Labute approximate surface area is 114 Å². The summed E-state index contributed by atoms with van der Waals surface area (Å²) in [6, 6.07) is 8.71. The first-order valence-corrected chi connectivity index (χ1v) is 6.55. The third-order valence-electron chi connectivity index (χ3n) is 3.09. The maximum atomic E-state index is 13.7. The highest BCUT2D eigenvalue weighted by Crippen LogP contribution is 2.21. The molecule has 0 fully saturated rings. The van der Waals surface area contributed by atoms with Crippen molar-refractivity contribution in [2.75, 3.05) is 0 Å². The number of halogens is 2. The van der Waals surface area contributed by atoms with Crippen LogP contribution < -0.4 is 0 Å². The maximum absolute atomic E-state index is 13.7. The fraction of sp³-hybridized carbons (Fsp3) is 0.214. The number of aryl methyl sites for hydroxylation is 2. The van der Waals surface area contributed by atoms with Crippen LogP contribution in [0.25, 0.3) is 11.0 Å². The Balaban J connectivity index is 1.99. The first-order chi connectivity index (χ1) is 9.29. The quantitative estimate of drug-likeness (QED) is 0.681. The largest absolute Gasteiger partial charge is 0.469 e. The van der Waals surface area contributed by atoms with Gasteiger partial charge < -0.3 is 8.98 Å². The average Bonchev–Trinajstić information content (AvgIpc) is 3.03. The van der Waals surface area contributed by atoms with Crippen molar-refractivity contribution < 1.29 is 8.81 Å². The molecule has 3 nitrogen and oxygen atoms in total. The number of fused-ring (bicyclic) bond motifs is 1. The maximum Gasteiger partial charge on any atom is 0.151 e. The molecule has 0 bridgehead atoms. The van der Waals surface area contributed by atoms with Gasteiger partial charge in [0.05, 0.1) is 17.7 Å². The molecule has 0 spiro atoms. The predicted octanol–water partition coefficient (Wildman–Crippen LogP) is 3.75. The van der Waals surface area contributed by atoms with Gasteiger partial charge in [-0.05, 0) is 24.3 Å². The van der Waals surface area contributed by atoms with Crippen molar-refractivity contribution in [1.29, 1.82) is 0 Å². The Bertz CT molecular complexity index is 691.